The molecular formula is C18H17FN2O4. The summed E-state index contributed by atoms with van der Waals surface area (Å²) in [6, 6.07) is 12.4. The first-order valence-electron chi connectivity index (χ1n) is 7.74. The summed E-state index contributed by atoms with van der Waals surface area (Å²) in [6.07, 6.45) is -0.797. The van der Waals surface area contributed by atoms with Crippen molar-refractivity contribution in [3.63, 3.8) is 0 Å². The number of ether oxygens (including phenoxy) is 2. The number of fused-ring (bicyclic) bond motifs is 1. The zero-order valence-electron chi connectivity index (χ0n) is 13.6. The third-order valence-corrected chi connectivity index (χ3v) is 3.79. The van der Waals surface area contributed by atoms with Crippen LogP contribution in [0, 0.1) is 5.82 Å². The molecule has 1 aliphatic heterocycles. The number of anilines is 1. The summed E-state index contributed by atoms with van der Waals surface area (Å²) in [5, 5.41) is 2.52. The molecule has 3 rings (SSSR count). The fraction of sp³-hybridized carbons (Fsp3) is 0.222. The van der Waals surface area contributed by atoms with Gasteiger partial charge in [-0.15, -0.1) is 0 Å². The first-order valence-corrected chi connectivity index (χ1v) is 7.74. The van der Waals surface area contributed by atoms with E-state index in [1.807, 2.05) is 0 Å². The molecule has 2 amide bonds. The van der Waals surface area contributed by atoms with Crippen LogP contribution in [0.4, 0.5) is 10.1 Å². The molecule has 0 fully saturated rings. The summed E-state index contributed by atoms with van der Waals surface area (Å²) in [4.78, 5) is 26.0. The first kappa shape index (κ1) is 16.8. The zero-order valence-corrected chi connectivity index (χ0v) is 13.6. The molecule has 0 bridgehead atoms. The van der Waals surface area contributed by atoms with Crippen molar-refractivity contribution in [2.45, 2.75) is 6.10 Å². The number of para-hydroxylation sites is 2. The van der Waals surface area contributed by atoms with Gasteiger partial charge in [0.05, 0.1) is 12.2 Å². The summed E-state index contributed by atoms with van der Waals surface area (Å²) in [6.45, 7) is -0.150. The molecule has 2 aromatic rings. The minimum atomic E-state index is -0.797. The average Bonchev–Trinajstić information content (AvgIpc) is 2.65. The summed E-state index contributed by atoms with van der Waals surface area (Å²) in [5.74, 6) is -0.174. The molecule has 0 aromatic heterocycles. The molecule has 1 N–H and O–H groups in total. The maximum Gasteiger partial charge on any atom is 0.265 e. The van der Waals surface area contributed by atoms with Crippen LogP contribution in [0.15, 0.2) is 48.5 Å². The van der Waals surface area contributed by atoms with E-state index in [2.05, 4.69) is 5.32 Å². The van der Waals surface area contributed by atoms with Crippen molar-refractivity contribution in [3.8, 4) is 11.5 Å². The Morgan fingerprint density at radius 3 is 2.68 bits per heavy atom. The highest BCUT2D eigenvalue weighted by atomic mass is 19.1. The number of likely N-dealkylation sites (N-methyl/N-ethyl adjacent to an activating group) is 1. The molecule has 1 heterocycles. The number of nitrogens with one attached hydrogen (secondary N) is 1. The van der Waals surface area contributed by atoms with E-state index in [1.54, 1.807) is 24.3 Å². The topological polar surface area (TPSA) is 67.9 Å². The van der Waals surface area contributed by atoms with Crippen molar-refractivity contribution >= 4 is 17.5 Å². The average molecular weight is 344 g/mol. The van der Waals surface area contributed by atoms with Gasteiger partial charge in [0.2, 0.25) is 0 Å². The van der Waals surface area contributed by atoms with Crippen LogP contribution in [-0.4, -0.2) is 38.1 Å². The largest absolute Gasteiger partial charge is 0.484 e. The summed E-state index contributed by atoms with van der Waals surface area (Å²) >= 11 is 0. The molecule has 6 nitrogen and oxygen atoms in total. The third kappa shape index (κ3) is 3.71. The monoisotopic (exact) mass is 344 g/mol. The van der Waals surface area contributed by atoms with Crippen molar-refractivity contribution in [2.75, 3.05) is 25.1 Å². The van der Waals surface area contributed by atoms with Gasteiger partial charge in [0.15, 0.2) is 12.7 Å². The minimum absolute atomic E-state index is 0.0856. The fourth-order valence-corrected chi connectivity index (χ4v) is 2.52. The molecule has 1 atom stereocenters. The van der Waals surface area contributed by atoms with Crippen LogP contribution in [0.25, 0.3) is 0 Å². The van der Waals surface area contributed by atoms with E-state index in [0.29, 0.717) is 17.2 Å². The van der Waals surface area contributed by atoms with E-state index in [-0.39, 0.29) is 30.8 Å². The number of amides is 2. The predicted molar refractivity (Wildman–Crippen MR) is 89.2 cm³/mol. The molecular weight excluding hydrogens is 327 g/mol. The second-order valence-electron chi connectivity index (χ2n) is 5.44. The first-order chi connectivity index (χ1) is 12.1. The summed E-state index contributed by atoms with van der Waals surface area (Å²) in [7, 11) is 1.51. The highest BCUT2D eigenvalue weighted by Crippen LogP contribution is 2.33. The van der Waals surface area contributed by atoms with Crippen molar-refractivity contribution < 1.29 is 23.5 Å². The second kappa shape index (κ2) is 7.21. The molecule has 1 aliphatic rings. The quantitative estimate of drug-likeness (QED) is 0.917. The Labute approximate surface area is 144 Å². The number of rotatable bonds is 4. The number of halogens is 1. The van der Waals surface area contributed by atoms with Crippen molar-refractivity contribution in [1.82, 2.24) is 5.32 Å². The third-order valence-electron chi connectivity index (χ3n) is 3.79. The standard InChI is InChI=1S/C18H17FN2O4/c1-20-18(23)16-10-21(14-4-2-3-5-15(14)25-16)17(22)11-24-13-8-6-12(19)7-9-13/h2-9,16H,10-11H2,1H3,(H,20,23)/t16-/m0/s1. The number of hydrogen-bond acceptors (Lipinski definition) is 4. The van der Waals surface area contributed by atoms with Crippen LogP contribution in [0.3, 0.4) is 0 Å². The number of carbonyl (C=O) groups is 2. The lowest BCUT2D eigenvalue weighted by Gasteiger charge is -2.33. The van der Waals surface area contributed by atoms with Gasteiger partial charge < -0.3 is 19.7 Å². The van der Waals surface area contributed by atoms with Crippen LogP contribution in [0.1, 0.15) is 0 Å². The highest BCUT2D eigenvalue weighted by molar-refractivity contribution is 5.98. The van der Waals surface area contributed by atoms with Crippen LogP contribution in [0.2, 0.25) is 0 Å². The maximum atomic E-state index is 12.9. The molecule has 0 spiro atoms. The van der Waals surface area contributed by atoms with Gasteiger partial charge in [0, 0.05) is 7.05 Å². The molecule has 25 heavy (non-hydrogen) atoms. The zero-order chi connectivity index (χ0) is 17.8. The Morgan fingerprint density at radius 2 is 1.96 bits per heavy atom. The lowest BCUT2D eigenvalue weighted by Crippen LogP contribution is -2.51. The smallest absolute Gasteiger partial charge is 0.265 e. The molecule has 0 aliphatic carbocycles. The number of nitrogens with zero attached hydrogens (tertiary/aromatic N) is 1. The lowest BCUT2D eigenvalue weighted by molar-refractivity contribution is -0.128. The van der Waals surface area contributed by atoms with Crippen molar-refractivity contribution in [1.29, 1.82) is 0 Å². The molecule has 0 radical (unpaired) electrons. The maximum absolute atomic E-state index is 12.9. The Bertz CT molecular complexity index is 779. The van der Waals surface area contributed by atoms with E-state index in [9.17, 15) is 14.0 Å². The number of hydrogen-bond donors (Lipinski definition) is 1. The summed E-state index contributed by atoms with van der Waals surface area (Å²) < 4.78 is 24.0. The Balaban J connectivity index is 1.75. The molecule has 0 saturated carbocycles. The minimum Gasteiger partial charge on any atom is -0.484 e. The fourth-order valence-electron chi connectivity index (χ4n) is 2.52. The molecule has 0 unspecified atom stereocenters. The second-order valence-corrected chi connectivity index (χ2v) is 5.44. The van der Waals surface area contributed by atoms with Gasteiger partial charge >= 0.3 is 0 Å². The number of benzene rings is 2. The van der Waals surface area contributed by atoms with Gasteiger partial charge in [-0.25, -0.2) is 4.39 Å². The van der Waals surface area contributed by atoms with Gasteiger partial charge in [0.1, 0.15) is 17.3 Å². The summed E-state index contributed by atoms with van der Waals surface area (Å²) in [5.41, 5.74) is 0.579. The van der Waals surface area contributed by atoms with Gasteiger partial charge in [0.25, 0.3) is 11.8 Å². The lowest BCUT2D eigenvalue weighted by atomic mass is 10.1. The van der Waals surface area contributed by atoms with E-state index in [1.165, 1.54) is 36.2 Å². The highest BCUT2D eigenvalue weighted by Gasteiger charge is 2.33. The van der Waals surface area contributed by atoms with E-state index in [4.69, 9.17) is 9.47 Å². The molecule has 0 saturated heterocycles. The van der Waals surface area contributed by atoms with Crippen LogP contribution in [0.5, 0.6) is 11.5 Å². The van der Waals surface area contributed by atoms with Crippen molar-refractivity contribution in [3.05, 3.63) is 54.3 Å². The Morgan fingerprint density at radius 1 is 1.24 bits per heavy atom. The van der Waals surface area contributed by atoms with E-state index < -0.39 is 6.10 Å². The van der Waals surface area contributed by atoms with E-state index >= 15 is 0 Å². The molecule has 130 valence electrons. The van der Waals surface area contributed by atoms with Crippen molar-refractivity contribution in [2.24, 2.45) is 0 Å². The number of carbonyl (C=O) groups excluding carboxylic acids is 2. The SMILES string of the molecule is CNC(=O)[C@@H]1CN(C(=O)COc2ccc(F)cc2)c2ccccc2O1. The van der Waals surface area contributed by atoms with Crippen LogP contribution in [-0.2, 0) is 9.59 Å². The predicted octanol–water partition coefficient (Wildman–Crippen LogP) is 1.74. The van der Waals surface area contributed by atoms with Gasteiger partial charge in [-0.3, -0.25) is 9.59 Å². The Kier molecular flexibility index (Phi) is 4.83. The Hall–Kier alpha value is -3.09. The van der Waals surface area contributed by atoms with Crippen LogP contribution >= 0.6 is 0 Å². The van der Waals surface area contributed by atoms with Gasteiger partial charge in [-0.1, -0.05) is 12.1 Å². The normalized spacial score (nSPS) is 15.8. The molecule has 2 aromatic carbocycles. The van der Waals surface area contributed by atoms with E-state index in [0.717, 1.165) is 0 Å². The van der Waals surface area contributed by atoms with Gasteiger partial charge in [-0.05, 0) is 36.4 Å². The molecule has 7 heteroatoms. The van der Waals surface area contributed by atoms with Crippen LogP contribution < -0.4 is 19.7 Å². The van der Waals surface area contributed by atoms with Gasteiger partial charge in [-0.2, -0.15) is 0 Å².